The van der Waals surface area contributed by atoms with Crippen molar-refractivity contribution < 1.29 is 9.53 Å². The van der Waals surface area contributed by atoms with Gasteiger partial charge in [-0.1, -0.05) is 18.2 Å². The third-order valence-corrected chi connectivity index (χ3v) is 7.85. The lowest BCUT2D eigenvalue weighted by Gasteiger charge is -2.27. The number of nitrogens with one attached hydrogen (secondary N) is 1. The molecular weight excluding hydrogens is 544 g/mol. The Morgan fingerprint density at radius 1 is 1.12 bits per heavy atom. The first-order valence-corrected chi connectivity index (χ1v) is 14.5. The minimum atomic E-state index is -0.488. The van der Waals surface area contributed by atoms with Crippen LogP contribution in [-0.4, -0.2) is 54.1 Å². The number of benzene rings is 2. The van der Waals surface area contributed by atoms with Gasteiger partial charge in [-0.05, 0) is 82.0 Å². The number of ether oxygens (including phenoxy) is 1. The summed E-state index contributed by atoms with van der Waals surface area (Å²) in [6.07, 6.45) is 6.72. The average molecular weight is 579 g/mol. The number of para-hydroxylation sites is 1. The van der Waals surface area contributed by atoms with Gasteiger partial charge in [0, 0.05) is 24.7 Å². The zero-order valence-corrected chi connectivity index (χ0v) is 24.2. The Balaban J connectivity index is 1.30. The molecule has 1 atom stereocenters. The predicted molar refractivity (Wildman–Crippen MR) is 163 cm³/mol. The predicted octanol–water partition coefficient (Wildman–Crippen LogP) is 3.93. The van der Waals surface area contributed by atoms with Gasteiger partial charge in [0.15, 0.2) is 11.5 Å². The molecule has 2 aromatic carbocycles. The van der Waals surface area contributed by atoms with E-state index >= 15 is 0 Å². The number of fused-ring (bicyclic) bond motifs is 1. The number of rotatable bonds is 9. The minimum Gasteiger partial charge on any atom is -0.457 e. The highest BCUT2D eigenvalue weighted by atomic mass is 16.5. The van der Waals surface area contributed by atoms with Crippen molar-refractivity contribution in [3.05, 3.63) is 83.1 Å². The van der Waals surface area contributed by atoms with Crippen molar-refractivity contribution in [2.45, 2.75) is 63.7 Å². The van der Waals surface area contributed by atoms with Crippen molar-refractivity contribution in [3.8, 4) is 23.3 Å². The van der Waals surface area contributed by atoms with Crippen LogP contribution in [0.2, 0.25) is 0 Å². The minimum absolute atomic E-state index is 0.101. The summed E-state index contributed by atoms with van der Waals surface area (Å²) in [6.45, 7) is 4.65. The van der Waals surface area contributed by atoms with Gasteiger partial charge in [0.05, 0.1) is 11.7 Å². The van der Waals surface area contributed by atoms with Crippen LogP contribution in [-0.2, 0) is 11.3 Å². The Morgan fingerprint density at radius 3 is 2.53 bits per heavy atom. The maximum Gasteiger partial charge on any atom is 0.335 e. The molecule has 1 aliphatic heterocycles. The standard InChI is InChI=1S/C32H34N8O3/c1-32(2,37-22-10-11-22)17-21(18-33)30(41)38-16-6-7-24(38)19-39-29-27(28(34)35-20-36-29)40(31(39)42)23-12-14-26(15-13-23)43-25-8-4-3-5-9-25/h3-5,8-9,12-15,17,20,22,24,37H,6-7,10-11,16,19H2,1-2H3,(H2,34,35,36)/t24-/m0/s1. The Hall–Kier alpha value is -4.95. The van der Waals surface area contributed by atoms with E-state index in [4.69, 9.17) is 10.5 Å². The van der Waals surface area contributed by atoms with E-state index in [0.717, 1.165) is 19.3 Å². The summed E-state index contributed by atoms with van der Waals surface area (Å²) in [6, 6.07) is 18.8. The fourth-order valence-corrected chi connectivity index (χ4v) is 5.75. The van der Waals surface area contributed by atoms with Gasteiger partial charge in [0.25, 0.3) is 5.91 Å². The Bertz CT molecular complexity index is 1780. The van der Waals surface area contributed by atoms with Gasteiger partial charge >= 0.3 is 5.69 Å². The number of hydrogen-bond donors (Lipinski definition) is 2. The van der Waals surface area contributed by atoms with Crippen LogP contribution in [0.1, 0.15) is 39.5 Å². The molecular formula is C32H34N8O3. The molecule has 0 spiro atoms. The second kappa shape index (κ2) is 11.4. The third kappa shape index (κ3) is 5.87. The molecule has 0 bridgehead atoms. The lowest BCUT2D eigenvalue weighted by atomic mass is 10.0. The fourth-order valence-electron chi connectivity index (χ4n) is 5.75. The first-order chi connectivity index (χ1) is 20.7. The van der Waals surface area contributed by atoms with Gasteiger partial charge in [0.2, 0.25) is 0 Å². The summed E-state index contributed by atoms with van der Waals surface area (Å²) in [4.78, 5) is 37.8. The molecule has 11 nitrogen and oxygen atoms in total. The number of nitrogens with zero attached hydrogens (tertiary/aromatic N) is 6. The van der Waals surface area contributed by atoms with Crippen LogP contribution in [0, 0.1) is 11.3 Å². The molecule has 0 radical (unpaired) electrons. The van der Waals surface area contributed by atoms with Crippen LogP contribution in [0.5, 0.6) is 11.5 Å². The van der Waals surface area contributed by atoms with Gasteiger partial charge in [0.1, 0.15) is 35.0 Å². The molecule has 3 N–H and O–H groups in total. The summed E-state index contributed by atoms with van der Waals surface area (Å²) < 4.78 is 8.95. The van der Waals surface area contributed by atoms with Crippen molar-refractivity contribution in [1.82, 2.24) is 29.3 Å². The Labute approximate surface area is 249 Å². The van der Waals surface area contributed by atoms with Gasteiger partial charge in [-0.25, -0.2) is 14.8 Å². The first-order valence-electron chi connectivity index (χ1n) is 14.5. The number of carbonyl (C=O) groups excluding carboxylic acids is 1. The number of aromatic nitrogens is 4. The summed E-state index contributed by atoms with van der Waals surface area (Å²) in [5.74, 6) is 1.17. The molecule has 220 valence electrons. The number of nitrogens with two attached hydrogens (primary N) is 1. The van der Waals surface area contributed by atoms with Gasteiger partial charge < -0.3 is 20.7 Å². The Morgan fingerprint density at radius 2 is 1.84 bits per heavy atom. The van der Waals surface area contributed by atoms with Crippen molar-refractivity contribution in [2.24, 2.45) is 0 Å². The molecule has 0 unspecified atom stereocenters. The highest BCUT2D eigenvalue weighted by Gasteiger charge is 2.34. The number of nitrogen functional groups attached to an aromatic ring is 1. The van der Waals surface area contributed by atoms with E-state index in [-0.39, 0.29) is 35.6 Å². The number of nitriles is 1. The van der Waals surface area contributed by atoms with E-state index in [1.165, 1.54) is 10.9 Å². The van der Waals surface area contributed by atoms with E-state index in [1.54, 1.807) is 39.8 Å². The van der Waals surface area contributed by atoms with Gasteiger partial charge in [-0.3, -0.25) is 13.9 Å². The number of amides is 1. The molecule has 2 aliphatic rings. The molecule has 1 aliphatic carbocycles. The molecule has 6 rings (SSSR count). The maximum atomic E-state index is 14.0. The van der Waals surface area contributed by atoms with Crippen molar-refractivity contribution >= 4 is 22.9 Å². The molecule has 2 aromatic heterocycles. The van der Waals surface area contributed by atoms with E-state index in [2.05, 4.69) is 21.4 Å². The van der Waals surface area contributed by atoms with E-state index in [0.29, 0.717) is 47.4 Å². The highest BCUT2D eigenvalue weighted by Crippen LogP contribution is 2.28. The van der Waals surface area contributed by atoms with Crippen LogP contribution >= 0.6 is 0 Å². The van der Waals surface area contributed by atoms with Crippen molar-refractivity contribution in [1.29, 1.82) is 5.26 Å². The van der Waals surface area contributed by atoms with E-state index in [1.807, 2.05) is 44.2 Å². The number of carbonyl (C=O) groups is 1. The van der Waals surface area contributed by atoms with E-state index < -0.39 is 5.54 Å². The zero-order chi connectivity index (χ0) is 30.1. The third-order valence-electron chi connectivity index (χ3n) is 7.85. The summed E-state index contributed by atoms with van der Waals surface area (Å²) in [7, 11) is 0. The molecule has 1 saturated carbocycles. The normalized spacial score (nSPS) is 17.3. The largest absolute Gasteiger partial charge is 0.457 e. The number of imidazole rings is 1. The SMILES string of the molecule is CC(C)(C=C(C#N)C(=O)N1CCC[C@H]1Cn1c(=O)n(-c2ccc(Oc3ccccc3)cc2)c2c(N)ncnc21)NC1CC1. The molecule has 4 aromatic rings. The van der Waals surface area contributed by atoms with E-state index in [9.17, 15) is 14.9 Å². The highest BCUT2D eigenvalue weighted by molar-refractivity contribution is 5.97. The summed E-state index contributed by atoms with van der Waals surface area (Å²) >= 11 is 0. The van der Waals surface area contributed by atoms with Gasteiger partial charge in [-0.2, -0.15) is 5.26 Å². The van der Waals surface area contributed by atoms with Crippen molar-refractivity contribution in [3.63, 3.8) is 0 Å². The molecule has 43 heavy (non-hydrogen) atoms. The first kappa shape index (κ1) is 28.2. The topological polar surface area (TPSA) is 144 Å². The van der Waals surface area contributed by atoms with Crippen LogP contribution in [0.15, 0.2) is 77.4 Å². The Kier molecular flexibility index (Phi) is 7.46. The molecule has 11 heteroatoms. The van der Waals surface area contributed by atoms with Crippen molar-refractivity contribution in [2.75, 3.05) is 12.3 Å². The van der Waals surface area contributed by atoms with Crippen LogP contribution in [0.4, 0.5) is 5.82 Å². The number of anilines is 1. The number of likely N-dealkylation sites (tertiary alicyclic amines) is 1. The second-order valence-electron chi connectivity index (χ2n) is 11.7. The average Bonchev–Trinajstić information content (AvgIpc) is 3.59. The fraction of sp³-hybridized carbons (Fsp3) is 0.344. The second-order valence-corrected chi connectivity index (χ2v) is 11.7. The van der Waals surface area contributed by atoms with Gasteiger partial charge in [-0.15, -0.1) is 0 Å². The maximum absolute atomic E-state index is 14.0. The lowest BCUT2D eigenvalue weighted by molar-refractivity contribution is -0.127. The van der Waals surface area contributed by atoms with Crippen LogP contribution < -0.4 is 21.5 Å². The monoisotopic (exact) mass is 578 g/mol. The zero-order valence-electron chi connectivity index (χ0n) is 24.2. The quantitative estimate of drug-likeness (QED) is 0.225. The molecule has 2 fully saturated rings. The number of hydrogen-bond acceptors (Lipinski definition) is 8. The molecule has 1 amide bonds. The summed E-state index contributed by atoms with van der Waals surface area (Å²) in [5.41, 5.74) is 6.91. The molecule has 1 saturated heterocycles. The lowest BCUT2D eigenvalue weighted by Crippen LogP contribution is -2.43. The van der Waals surface area contributed by atoms with Crippen LogP contribution in [0.3, 0.4) is 0 Å². The van der Waals surface area contributed by atoms with Crippen LogP contribution in [0.25, 0.3) is 16.9 Å². The smallest absolute Gasteiger partial charge is 0.335 e. The summed E-state index contributed by atoms with van der Waals surface area (Å²) in [5, 5.41) is 13.4. The molecule has 3 heterocycles.